The van der Waals surface area contributed by atoms with Crippen molar-refractivity contribution in [2.45, 2.75) is 13.0 Å². The van der Waals surface area contributed by atoms with E-state index in [1.807, 2.05) is 18.2 Å². The molecule has 0 spiro atoms. The van der Waals surface area contributed by atoms with Gasteiger partial charge >= 0.3 is 0 Å². The quantitative estimate of drug-likeness (QED) is 0.775. The highest BCUT2D eigenvalue weighted by molar-refractivity contribution is 5.47. The standard InChI is InChI=1S/C11H15NO2/c1-9(7-10-3-2-5-13-10)11-8-12-4-6-14-11/h2-3,5,7,11-12H,4,6,8H2,1H3/b9-7-. The molecule has 1 aliphatic heterocycles. The molecule has 0 aromatic carbocycles. The number of hydrogen-bond donors (Lipinski definition) is 1. The average Bonchev–Trinajstić information content (AvgIpc) is 2.72. The Morgan fingerprint density at radius 1 is 1.64 bits per heavy atom. The minimum absolute atomic E-state index is 0.189. The molecule has 0 amide bonds. The zero-order valence-electron chi connectivity index (χ0n) is 8.32. The van der Waals surface area contributed by atoms with Crippen LogP contribution in [0.15, 0.2) is 28.4 Å². The van der Waals surface area contributed by atoms with Gasteiger partial charge in [0.15, 0.2) is 0 Å². The fraction of sp³-hybridized carbons (Fsp3) is 0.455. The Kier molecular flexibility index (Phi) is 3.01. The highest BCUT2D eigenvalue weighted by Crippen LogP contribution is 2.13. The minimum Gasteiger partial charge on any atom is -0.465 e. The first-order valence-electron chi connectivity index (χ1n) is 4.90. The van der Waals surface area contributed by atoms with E-state index in [-0.39, 0.29) is 6.10 Å². The summed E-state index contributed by atoms with van der Waals surface area (Å²) < 4.78 is 10.9. The number of hydrogen-bond acceptors (Lipinski definition) is 3. The normalized spacial score (nSPS) is 23.8. The molecule has 3 nitrogen and oxygen atoms in total. The molecule has 1 unspecified atom stereocenters. The molecule has 76 valence electrons. The van der Waals surface area contributed by atoms with E-state index in [4.69, 9.17) is 9.15 Å². The molecule has 1 fully saturated rings. The molecule has 14 heavy (non-hydrogen) atoms. The zero-order valence-corrected chi connectivity index (χ0v) is 8.32. The molecule has 0 aliphatic carbocycles. The summed E-state index contributed by atoms with van der Waals surface area (Å²) in [6, 6.07) is 3.83. The lowest BCUT2D eigenvalue weighted by Gasteiger charge is -2.24. The van der Waals surface area contributed by atoms with Gasteiger partial charge in [0.2, 0.25) is 0 Å². The fourth-order valence-corrected chi connectivity index (χ4v) is 1.55. The van der Waals surface area contributed by atoms with Crippen LogP contribution in [0.3, 0.4) is 0 Å². The molecule has 3 heteroatoms. The largest absolute Gasteiger partial charge is 0.465 e. The Morgan fingerprint density at radius 2 is 2.57 bits per heavy atom. The van der Waals surface area contributed by atoms with Gasteiger partial charge in [0.1, 0.15) is 5.76 Å². The van der Waals surface area contributed by atoms with Crippen LogP contribution >= 0.6 is 0 Å². The predicted molar refractivity (Wildman–Crippen MR) is 55.0 cm³/mol. The van der Waals surface area contributed by atoms with E-state index in [9.17, 15) is 0 Å². The summed E-state index contributed by atoms with van der Waals surface area (Å²) >= 11 is 0. The lowest BCUT2D eigenvalue weighted by Crippen LogP contribution is -2.39. The molecule has 1 aromatic heterocycles. The lowest BCUT2D eigenvalue weighted by atomic mass is 10.1. The third-order valence-electron chi connectivity index (χ3n) is 2.35. The molecule has 1 aromatic rings. The number of ether oxygens (including phenoxy) is 1. The summed E-state index contributed by atoms with van der Waals surface area (Å²) in [6.45, 7) is 4.70. The van der Waals surface area contributed by atoms with Crippen LogP contribution in [0.5, 0.6) is 0 Å². The molecular formula is C11H15NO2. The van der Waals surface area contributed by atoms with Crippen LogP contribution in [-0.2, 0) is 4.74 Å². The van der Waals surface area contributed by atoms with E-state index in [1.165, 1.54) is 5.57 Å². The monoisotopic (exact) mass is 193 g/mol. The van der Waals surface area contributed by atoms with Crippen LogP contribution in [0.4, 0.5) is 0 Å². The van der Waals surface area contributed by atoms with Gasteiger partial charge < -0.3 is 14.5 Å². The van der Waals surface area contributed by atoms with Crippen molar-refractivity contribution in [2.24, 2.45) is 0 Å². The third-order valence-corrected chi connectivity index (χ3v) is 2.35. The van der Waals surface area contributed by atoms with E-state index >= 15 is 0 Å². The Hall–Kier alpha value is -1.06. The number of furan rings is 1. The molecule has 2 rings (SSSR count). The summed E-state index contributed by atoms with van der Waals surface area (Å²) in [6.07, 6.45) is 3.89. The van der Waals surface area contributed by atoms with Crippen molar-refractivity contribution in [3.63, 3.8) is 0 Å². The Balaban J connectivity index is 2.02. The third kappa shape index (κ3) is 2.25. The van der Waals surface area contributed by atoms with Crippen molar-refractivity contribution in [2.75, 3.05) is 19.7 Å². The molecule has 1 atom stereocenters. The second-order valence-corrected chi connectivity index (χ2v) is 3.47. The van der Waals surface area contributed by atoms with Gasteiger partial charge in [0, 0.05) is 13.1 Å². The number of nitrogens with one attached hydrogen (secondary N) is 1. The first-order chi connectivity index (χ1) is 6.86. The zero-order chi connectivity index (χ0) is 9.80. The van der Waals surface area contributed by atoms with Gasteiger partial charge in [-0.1, -0.05) is 0 Å². The van der Waals surface area contributed by atoms with E-state index in [0.29, 0.717) is 0 Å². The van der Waals surface area contributed by atoms with Crippen molar-refractivity contribution in [3.05, 3.63) is 29.7 Å². The highest BCUT2D eigenvalue weighted by Gasteiger charge is 2.14. The van der Waals surface area contributed by atoms with Crippen LogP contribution in [0, 0.1) is 0 Å². The van der Waals surface area contributed by atoms with Gasteiger partial charge in [-0.3, -0.25) is 0 Å². The SMILES string of the molecule is C/C(=C/c1ccco1)C1CNCCO1. The van der Waals surface area contributed by atoms with E-state index in [1.54, 1.807) is 6.26 Å². The molecular weight excluding hydrogens is 178 g/mol. The Labute approximate surface area is 83.7 Å². The molecule has 0 radical (unpaired) electrons. The molecule has 0 bridgehead atoms. The predicted octanol–water partition coefficient (Wildman–Crippen LogP) is 1.67. The van der Waals surface area contributed by atoms with Crippen LogP contribution in [0.25, 0.3) is 6.08 Å². The summed E-state index contributed by atoms with van der Waals surface area (Å²) in [7, 11) is 0. The highest BCUT2D eigenvalue weighted by atomic mass is 16.5. The Morgan fingerprint density at radius 3 is 3.21 bits per heavy atom. The van der Waals surface area contributed by atoms with Gasteiger partial charge in [-0.05, 0) is 30.7 Å². The maximum atomic E-state index is 5.62. The van der Waals surface area contributed by atoms with E-state index < -0.39 is 0 Å². The van der Waals surface area contributed by atoms with Gasteiger partial charge in [-0.15, -0.1) is 0 Å². The van der Waals surface area contributed by atoms with Gasteiger partial charge in [0.05, 0.1) is 19.0 Å². The topological polar surface area (TPSA) is 34.4 Å². The minimum atomic E-state index is 0.189. The average molecular weight is 193 g/mol. The fourth-order valence-electron chi connectivity index (χ4n) is 1.55. The second kappa shape index (κ2) is 4.44. The van der Waals surface area contributed by atoms with Crippen molar-refractivity contribution in [1.29, 1.82) is 0 Å². The smallest absolute Gasteiger partial charge is 0.126 e. The van der Waals surface area contributed by atoms with Gasteiger partial charge in [0.25, 0.3) is 0 Å². The Bertz CT molecular complexity index is 297. The van der Waals surface area contributed by atoms with Crippen molar-refractivity contribution in [3.8, 4) is 0 Å². The molecule has 2 heterocycles. The number of morpholine rings is 1. The number of rotatable bonds is 2. The maximum Gasteiger partial charge on any atom is 0.126 e. The van der Waals surface area contributed by atoms with Crippen molar-refractivity contribution < 1.29 is 9.15 Å². The first-order valence-corrected chi connectivity index (χ1v) is 4.90. The summed E-state index contributed by atoms with van der Waals surface area (Å²) in [4.78, 5) is 0. The van der Waals surface area contributed by atoms with Crippen LogP contribution in [-0.4, -0.2) is 25.8 Å². The van der Waals surface area contributed by atoms with Gasteiger partial charge in [-0.2, -0.15) is 0 Å². The molecule has 1 saturated heterocycles. The van der Waals surface area contributed by atoms with E-state index in [2.05, 4.69) is 12.2 Å². The lowest BCUT2D eigenvalue weighted by molar-refractivity contribution is 0.0524. The summed E-state index contributed by atoms with van der Waals surface area (Å²) in [5.41, 5.74) is 1.20. The summed E-state index contributed by atoms with van der Waals surface area (Å²) in [5, 5.41) is 3.30. The van der Waals surface area contributed by atoms with Crippen molar-refractivity contribution in [1.82, 2.24) is 5.32 Å². The van der Waals surface area contributed by atoms with Crippen LogP contribution in [0.1, 0.15) is 12.7 Å². The maximum absolute atomic E-state index is 5.62. The molecule has 0 saturated carbocycles. The summed E-state index contributed by atoms with van der Waals surface area (Å²) in [5.74, 6) is 0.886. The van der Waals surface area contributed by atoms with Gasteiger partial charge in [-0.25, -0.2) is 0 Å². The van der Waals surface area contributed by atoms with Crippen LogP contribution < -0.4 is 5.32 Å². The van der Waals surface area contributed by atoms with E-state index in [0.717, 1.165) is 25.5 Å². The van der Waals surface area contributed by atoms with Crippen LogP contribution in [0.2, 0.25) is 0 Å². The molecule has 1 aliphatic rings. The first kappa shape index (κ1) is 9.49. The second-order valence-electron chi connectivity index (χ2n) is 3.47. The molecule has 1 N–H and O–H groups in total. The van der Waals surface area contributed by atoms with Crippen molar-refractivity contribution >= 4 is 6.08 Å².